The van der Waals surface area contributed by atoms with E-state index in [0.717, 1.165) is 27.4 Å². The Morgan fingerprint density at radius 1 is 1.12 bits per heavy atom. The second-order valence-electron chi connectivity index (χ2n) is 7.52. The van der Waals surface area contributed by atoms with Crippen molar-refractivity contribution in [1.29, 1.82) is 0 Å². The lowest BCUT2D eigenvalue weighted by Gasteiger charge is -2.32. The second kappa shape index (κ2) is 6.59. The summed E-state index contributed by atoms with van der Waals surface area (Å²) in [6.07, 6.45) is 5.22. The highest BCUT2D eigenvalue weighted by molar-refractivity contribution is 7.19. The van der Waals surface area contributed by atoms with Crippen molar-refractivity contribution in [3.05, 3.63) is 28.0 Å². The first kappa shape index (κ1) is 16.7. The predicted octanol–water partition coefficient (Wildman–Crippen LogP) is 5.08. The van der Waals surface area contributed by atoms with E-state index in [-0.39, 0.29) is 0 Å². The summed E-state index contributed by atoms with van der Waals surface area (Å²) >= 11 is 3.49. The van der Waals surface area contributed by atoms with Crippen molar-refractivity contribution in [1.82, 2.24) is 14.9 Å². The second-order valence-corrected chi connectivity index (χ2v) is 9.67. The van der Waals surface area contributed by atoms with Crippen molar-refractivity contribution in [2.75, 3.05) is 18.4 Å². The lowest BCUT2D eigenvalue weighted by Crippen LogP contribution is -2.40. The van der Waals surface area contributed by atoms with Crippen molar-refractivity contribution in [3.8, 4) is 10.7 Å². The first-order valence-electron chi connectivity index (χ1n) is 9.51. The Balaban J connectivity index is 1.47. The summed E-state index contributed by atoms with van der Waals surface area (Å²) in [6.45, 7) is 6.82. The molecule has 26 heavy (non-hydrogen) atoms. The quantitative estimate of drug-likeness (QED) is 0.681. The molecule has 4 nitrogen and oxygen atoms in total. The summed E-state index contributed by atoms with van der Waals surface area (Å²) < 4.78 is 0. The topological polar surface area (TPSA) is 41.1 Å². The van der Waals surface area contributed by atoms with Crippen molar-refractivity contribution >= 4 is 38.7 Å². The molecule has 0 amide bonds. The van der Waals surface area contributed by atoms with Gasteiger partial charge in [-0.05, 0) is 56.5 Å². The molecule has 0 aromatic carbocycles. The van der Waals surface area contributed by atoms with Crippen LogP contribution in [0.3, 0.4) is 0 Å². The third kappa shape index (κ3) is 3.04. The Morgan fingerprint density at radius 2 is 1.92 bits per heavy atom. The third-order valence-corrected chi connectivity index (χ3v) is 7.67. The zero-order valence-corrected chi connectivity index (χ0v) is 16.9. The standard InChI is InChI=1S/C20H24N4S2/c1-12-13(2)26-20-17(12)19(22-18(23-20)16-4-3-11-25-16)21-14-7-9-24(10-8-14)15-5-6-15/h3-4,11,14-15H,5-10H2,1-2H3,(H,21,22,23). The maximum absolute atomic E-state index is 4.96. The number of hydrogen-bond donors (Lipinski definition) is 1. The average Bonchev–Trinajstić information content (AvgIpc) is 3.26. The molecule has 5 rings (SSSR count). The highest BCUT2D eigenvalue weighted by Crippen LogP contribution is 2.37. The number of hydrogen-bond acceptors (Lipinski definition) is 6. The van der Waals surface area contributed by atoms with E-state index in [1.807, 2.05) is 0 Å². The van der Waals surface area contributed by atoms with E-state index < -0.39 is 0 Å². The van der Waals surface area contributed by atoms with Crippen LogP contribution >= 0.6 is 22.7 Å². The van der Waals surface area contributed by atoms with Gasteiger partial charge in [0.25, 0.3) is 0 Å². The van der Waals surface area contributed by atoms with E-state index in [1.165, 1.54) is 54.6 Å². The lowest BCUT2D eigenvalue weighted by molar-refractivity contribution is 0.210. The van der Waals surface area contributed by atoms with Crippen molar-refractivity contribution in [3.63, 3.8) is 0 Å². The molecule has 3 aromatic rings. The highest BCUT2D eigenvalue weighted by Gasteiger charge is 2.32. The summed E-state index contributed by atoms with van der Waals surface area (Å²) in [6, 6.07) is 5.57. The molecule has 2 fully saturated rings. The van der Waals surface area contributed by atoms with Crippen LogP contribution in [0.4, 0.5) is 5.82 Å². The summed E-state index contributed by atoms with van der Waals surface area (Å²) in [5.74, 6) is 1.89. The number of aromatic nitrogens is 2. The normalized spacial score (nSPS) is 19.3. The number of piperidine rings is 1. The molecule has 136 valence electrons. The number of thiophene rings is 2. The van der Waals surface area contributed by atoms with Crippen LogP contribution in [0.2, 0.25) is 0 Å². The molecule has 0 unspecified atom stereocenters. The summed E-state index contributed by atoms with van der Waals surface area (Å²) in [5, 5.41) is 7.11. The maximum atomic E-state index is 4.96. The molecule has 1 saturated heterocycles. The molecule has 0 radical (unpaired) electrons. The summed E-state index contributed by atoms with van der Waals surface area (Å²) in [7, 11) is 0. The van der Waals surface area contributed by atoms with Gasteiger partial charge >= 0.3 is 0 Å². The predicted molar refractivity (Wildman–Crippen MR) is 111 cm³/mol. The van der Waals surface area contributed by atoms with Gasteiger partial charge in [-0.1, -0.05) is 6.07 Å². The van der Waals surface area contributed by atoms with Crippen LogP contribution in [0.5, 0.6) is 0 Å². The Hall–Kier alpha value is -1.50. The minimum Gasteiger partial charge on any atom is -0.367 e. The molecule has 0 spiro atoms. The van der Waals surface area contributed by atoms with Crippen LogP contribution < -0.4 is 5.32 Å². The van der Waals surface area contributed by atoms with Gasteiger partial charge in [-0.25, -0.2) is 9.97 Å². The SMILES string of the molecule is Cc1sc2nc(-c3cccs3)nc(NC3CCN(C4CC4)CC3)c2c1C. The third-order valence-electron chi connectivity index (χ3n) is 5.70. The first-order valence-corrected chi connectivity index (χ1v) is 11.2. The molecule has 3 aromatic heterocycles. The molecule has 0 atom stereocenters. The lowest BCUT2D eigenvalue weighted by atomic mass is 10.0. The van der Waals surface area contributed by atoms with Crippen LogP contribution in [0, 0.1) is 13.8 Å². The zero-order valence-electron chi connectivity index (χ0n) is 15.3. The molecule has 6 heteroatoms. The smallest absolute Gasteiger partial charge is 0.173 e. The van der Waals surface area contributed by atoms with Gasteiger partial charge < -0.3 is 10.2 Å². The Morgan fingerprint density at radius 3 is 2.62 bits per heavy atom. The van der Waals surface area contributed by atoms with Crippen LogP contribution in [-0.2, 0) is 0 Å². The number of fused-ring (bicyclic) bond motifs is 1. The highest BCUT2D eigenvalue weighted by atomic mass is 32.1. The molecule has 1 saturated carbocycles. The van der Waals surface area contributed by atoms with E-state index in [9.17, 15) is 0 Å². The van der Waals surface area contributed by atoms with Crippen LogP contribution in [-0.4, -0.2) is 40.0 Å². The van der Waals surface area contributed by atoms with E-state index in [1.54, 1.807) is 22.7 Å². The van der Waals surface area contributed by atoms with E-state index in [4.69, 9.17) is 9.97 Å². The molecule has 2 aliphatic rings. The number of nitrogens with zero attached hydrogens (tertiary/aromatic N) is 3. The fourth-order valence-electron chi connectivity index (χ4n) is 3.91. The van der Waals surface area contributed by atoms with Crippen molar-refractivity contribution in [2.45, 2.75) is 51.6 Å². The van der Waals surface area contributed by atoms with Crippen LogP contribution in [0.15, 0.2) is 17.5 Å². The maximum Gasteiger partial charge on any atom is 0.173 e. The van der Waals surface area contributed by atoms with Gasteiger partial charge in [0, 0.05) is 30.1 Å². The van der Waals surface area contributed by atoms with Gasteiger partial charge in [-0.2, -0.15) is 0 Å². The van der Waals surface area contributed by atoms with Crippen molar-refractivity contribution in [2.24, 2.45) is 0 Å². The summed E-state index contributed by atoms with van der Waals surface area (Å²) in [4.78, 5) is 16.1. The van der Waals surface area contributed by atoms with E-state index >= 15 is 0 Å². The fraction of sp³-hybridized carbons (Fsp3) is 0.500. The van der Waals surface area contributed by atoms with Gasteiger partial charge in [0.1, 0.15) is 10.6 Å². The Labute approximate surface area is 162 Å². The van der Waals surface area contributed by atoms with E-state index in [0.29, 0.717) is 6.04 Å². The van der Waals surface area contributed by atoms with Crippen LogP contribution in [0.1, 0.15) is 36.1 Å². The Bertz CT molecular complexity index is 919. The number of likely N-dealkylation sites (tertiary alicyclic amines) is 1. The molecule has 4 heterocycles. The molecule has 1 N–H and O–H groups in total. The Kier molecular flexibility index (Phi) is 4.22. The number of anilines is 1. The monoisotopic (exact) mass is 384 g/mol. The number of rotatable bonds is 4. The van der Waals surface area contributed by atoms with Gasteiger partial charge in [0.2, 0.25) is 0 Å². The molecular weight excluding hydrogens is 360 g/mol. The molecular formula is C20H24N4S2. The van der Waals surface area contributed by atoms with Crippen molar-refractivity contribution < 1.29 is 0 Å². The minimum atomic E-state index is 0.513. The number of nitrogens with one attached hydrogen (secondary N) is 1. The van der Waals surface area contributed by atoms with Gasteiger partial charge in [0.15, 0.2) is 5.82 Å². The average molecular weight is 385 g/mol. The fourth-order valence-corrected chi connectivity index (χ4v) is 5.60. The van der Waals surface area contributed by atoms with Gasteiger partial charge in [-0.3, -0.25) is 0 Å². The first-order chi connectivity index (χ1) is 12.7. The largest absolute Gasteiger partial charge is 0.367 e. The minimum absolute atomic E-state index is 0.513. The molecule has 0 bridgehead atoms. The van der Waals surface area contributed by atoms with Gasteiger partial charge in [0.05, 0.1) is 10.3 Å². The molecule has 1 aliphatic heterocycles. The van der Waals surface area contributed by atoms with E-state index in [2.05, 4.69) is 41.6 Å². The number of aryl methyl sites for hydroxylation is 2. The molecule has 1 aliphatic carbocycles. The van der Waals surface area contributed by atoms with Crippen LogP contribution in [0.25, 0.3) is 20.9 Å². The van der Waals surface area contributed by atoms with Gasteiger partial charge in [-0.15, -0.1) is 22.7 Å². The summed E-state index contributed by atoms with van der Waals surface area (Å²) in [5.41, 5.74) is 1.32. The zero-order chi connectivity index (χ0) is 17.7.